The first-order valence-corrected chi connectivity index (χ1v) is 11.3. The Hall–Kier alpha value is -1.68. The van der Waals surface area contributed by atoms with Crippen molar-refractivity contribution in [3.63, 3.8) is 0 Å². The van der Waals surface area contributed by atoms with E-state index in [-0.39, 0.29) is 36.4 Å². The van der Waals surface area contributed by atoms with Gasteiger partial charge in [-0.05, 0) is 44.9 Å². The van der Waals surface area contributed by atoms with Crippen molar-refractivity contribution >= 4 is 23.5 Å². The van der Waals surface area contributed by atoms with E-state index in [1.807, 2.05) is 0 Å². The predicted octanol–water partition coefficient (Wildman–Crippen LogP) is 3.51. The highest BCUT2D eigenvalue weighted by Crippen LogP contribution is 2.40. The molecule has 0 spiro atoms. The summed E-state index contributed by atoms with van der Waals surface area (Å²) in [7, 11) is 1.65. The lowest BCUT2D eigenvalue weighted by Gasteiger charge is -2.38. The van der Waals surface area contributed by atoms with Crippen molar-refractivity contribution in [1.82, 2.24) is 10.6 Å². The Kier molecular flexibility index (Phi) is 7.54. The molecule has 0 radical (unpaired) electrons. The summed E-state index contributed by atoms with van der Waals surface area (Å²) in [4.78, 5) is 25.3. The first-order valence-electron chi connectivity index (χ1n) is 10.9. The number of cyclic esters (lactones) is 2. The van der Waals surface area contributed by atoms with Crippen LogP contribution in [0.1, 0.15) is 58.8 Å². The normalized spacial score (nSPS) is 33.2. The molecule has 0 aromatic carbocycles. The summed E-state index contributed by atoms with van der Waals surface area (Å²) in [6.45, 7) is 2.86. The molecule has 182 valence electrons. The largest absolute Gasteiger partial charge is 0.419 e. The molecule has 7 nitrogen and oxygen atoms in total. The number of alkyl halides is 4. The average Bonchev–Trinajstić information content (AvgIpc) is 2.67. The first kappa shape index (κ1) is 25.0. The molecule has 3 rings (SSSR count). The summed E-state index contributed by atoms with van der Waals surface area (Å²) in [5.41, 5.74) is -0.366. The Bertz CT molecular complexity index is 728. The average molecular weight is 483 g/mol. The van der Waals surface area contributed by atoms with Crippen molar-refractivity contribution in [2.24, 2.45) is 5.92 Å². The van der Waals surface area contributed by atoms with Gasteiger partial charge < -0.3 is 24.8 Å². The number of hydrogen-bond acceptors (Lipinski definition) is 7. The molecular formula is C21H30ClF3N2O5. The molecule has 32 heavy (non-hydrogen) atoms. The standard InChI is InChI=1S/C21H30ClF3N2O5/c1-20(2)31-18(28)16(19(29)32-20)17(26-11-4-7-13(30-3)8-5-11)27-12-6-9-15(22)14(10-12)21(23,24)25/h11-15,26-27H,4-10H2,1-3H3. The molecule has 1 saturated heterocycles. The molecule has 0 aromatic rings. The quantitative estimate of drug-likeness (QED) is 0.268. The summed E-state index contributed by atoms with van der Waals surface area (Å²) in [6, 6.07) is -0.716. The van der Waals surface area contributed by atoms with Gasteiger partial charge in [-0.25, -0.2) is 9.59 Å². The molecule has 3 atom stereocenters. The van der Waals surface area contributed by atoms with Crippen LogP contribution in [0.4, 0.5) is 13.2 Å². The molecule has 0 bridgehead atoms. The first-order chi connectivity index (χ1) is 14.9. The second kappa shape index (κ2) is 9.67. The van der Waals surface area contributed by atoms with Gasteiger partial charge in [-0.1, -0.05) is 0 Å². The SMILES string of the molecule is COC1CCC(NC(NC2CCC(Cl)C(C(F)(F)F)C2)=C2C(=O)OC(C)(C)OC2=O)CC1. The van der Waals surface area contributed by atoms with Crippen LogP contribution in [0.5, 0.6) is 0 Å². The number of carbonyl (C=O) groups is 2. The summed E-state index contributed by atoms with van der Waals surface area (Å²) < 4.78 is 56.0. The summed E-state index contributed by atoms with van der Waals surface area (Å²) in [5.74, 6) is -4.81. The second-order valence-electron chi connectivity index (χ2n) is 9.10. The second-order valence-corrected chi connectivity index (χ2v) is 9.66. The zero-order valence-corrected chi connectivity index (χ0v) is 19.1. The maximum Gasteiger partial charge on any atom is 0.393 e. The fourth-order valence-electron chi connectivity index (χ4n) is 4.50. The highest BCUT2D eigenvalue weighted by atomic mass is 35.5. The molecule has 1 heterocycles. The van der Waals surface area contributed by atoms with E-state index in [2.05, 4.69) is 10.6 Å². The summed E-state index contributed by atoms with van der Waals surface area (Å²) >= 11 is 5.94. The van der Waals surface area contributed by atoms with E-state index >= 15 is 0 Å². The number of rotatable bonds is 5. The number of nitrogens with one attached hydrogen (secondary N) is 2. The molecule has 3 unspecified atom stereocenters. The van der Waals surface area contributed by atoms with Crippen LogP contribution in [-0.2, 0) is 23.8 Å². The molecular weight excluding hydrogens is 453 g/mol. The third-order valence-electron chi connectivity index (χ3n) is 6.23. The van der Waals surface area contributed by atoms with Crippen LogP contribution in [-0.4, -0.2) is 54.6 Å². The molecule has 2 aliphatic carbocycles. The molecule has 2 saturated carbocycles. The lowest BCUT2D eigenvalue weighted by Crippen LogP contribution is -2.50. The topological polar surface area (TPSA) is 85.9 Å². The summed E-state index contributed by atoms with van der Waals surface area (Å²) in [6.07, 6.45) is -1.04. The van der Waals surface area contributed by atoms with Crippen LogP contribution in [0, 0.1) is 5.92 Å². The van der Waals surface area contributed by atoms with Crippen LogP contribution in [0.2, 0.25) is 0 Å². The number of halogens is 4. The Balaban J connectivity index is 1.83. The molecule has 0 amide bonds. The van der Waals surface area contributed by atoms with E-state index in [0.29, 0.717) is 19.3 Å². The van der Waals surface area contributed by atoms with Gasteiger partial charge in [-0.15, -0.1) is 11.6 Å². The fraction of sp³-hybridized carbons (Fsp3) is 0.810. The van der Waals surface area contributed by atoms with E-state index in [9.17, 15) is 22.8 Å². The van der Waals surface area contributed by atoms with Crippen LogP contribution >= 0.6 is 11.6 Å². The molecule has 0 aromatic heterocycles. The zero-order chi connectivity index (χ0) is 23.7. The predicted molar refractivity (Wildman–Crippen MR) is 109 cm³/mol. The highest BCUT2D eigenvalue weighted by molar-refractivity contribution is 6.20. The van der Waals surface area contributed by atoms with Crippen molar-refractivity contribution in [1.29, 1.82) is 0 Å². The lowest BCUT2D eigenvalue weighted by atomic mass is 9.84. The molecule has 1 aliphatic heterocycles. The molecule has 2 N–H and O–H groups in total. The molecule has 3 fully saturated rings. The third kappa shape index (κ3) is 6.01. The maximum atomic E-state index is 13.4. The minimum Gasteiger partial charge on any atom is -0.419 e. The van der Waals surface area contributed by atoms with Crippen molar-refractivity contribution in [3.8, 4) is 0 Å². The molecule has 11 heteroatoms. The van der Waals surface area contributed by atoms with Gasteiger partial charge in [0.2, 0.25) is 0 Å². The highest BCUT2D eigenvalue weighted by Gasteiger charge is 2.48. The fourth-order valence-corrected chi connectivity index (χ4v) is 4.87. The Morgan fingerprint density at radius 2 is 1.53 bits per heavy atom. The lowest BCUT2D eigenvalue weighted by molar-refractivity contribution is -0.222. The number of methoxy groups -OCH3 is 1. The summed E-state index contributed by atoms with van der Waals surface area (Å²) in [5, 5.41) is 5.15. The van der Waals surface area contributed by atoms with E-state index in [0.717, 1.165) is 12.8 Å². The van der Waals surface area contributed by atoms with Crippen LogP contribution in [0.25, 0.3) is 0 Å². The van der Waals surface area contributed by atoms with Crippen molar-refractivity contribution < 1.29 is 37.0 Å². The Morgan fingerprint density at radius 1 is 1.00 bits per heavy atom. The van der Waals surface area contributed by atoms with Gasteiger partial charge in [0.15, 0.2) is 5.57 Å². The van der Waals surface area contributed by atoms with E-state index in [1.54, 1.807) is 7.11 Å². The smallest absolute Gasteiger partial charge is 0.393 e. The van der Waals surface area contributed by atoms with Crippen molar-refractivity contribution in [2.45, 2.75) is 94.3 Å². The number of carbonyl (C=O) groups excluding carboxylic acids is 2. The van der Waals surface area contributed by atoms with Crippen LogP contribution in [0.3, 0.4) is 0 Å². The van der Waals surface area contributed by atoms with Gasteiger partial charge in [0.25, 0.3) is 5.79 Å². The van der Waals surface area contributed by atoms with E-state index in [4.69, 9.17) is 25.8 Å². The van der Waals surface area contributed by atoms with Gasteiger partial charge >= 0.3 is 18.1 Å². The molecule has 3 aliphatic rings. The minimum atomic E-state index is -4.43. The van der Waals surface area contributed by atoms with Crippen molar-refractivity contribution in [3.05, 3.63) is 11.4 Å². The van der Waals surface area contributed by atoms with Gasteiger partial charge in [-0.3, -0.25) is 0 Å². The third-order valence-corrected chi connectivity index (χ3v) is 6.75. The zero-order valence-electron chi connectivity index (χ0n) is 18.4. The Morgan fingerprint density at radius 3 is 2.06 bits per heavy atom. The van der Waals surface area contributed by atoms with Crippen LogP contribution in [0.15, 0.2) is 11.4 Å². The minimum absolute atomic E-state index is 0.0512. The van der Waals surface area contributed by atoms with Crippen molar-refractivity contribution in [2.75, 3.05) is 7.11 Å². The van der Waals surface area contributed by atoms with Gasteiger partial charge in [0.05, 0.1) is 12.0 Å². The van der Waals surface area contributed by atoms with Crippen LogP contribution < -0.4 is 10.6 Å². The number of esters is 2. The number of hydrogen-bond donors (Lipinski definition) is 2. The van der Waals surface area contributed by atoms with Gasteiger partial charge in [0, 0.05) is 38.4 Å². The van der Waals surface area contributed by atoms with E-state index < -0.39 is 41.2 Å². The van der Waals surface area contributed by atoms with Gasteiger partial charge in [0.1, 0.15) is 5.82 Å². The van der Waals surface area contributed by atoms with Gasteiger partial charge in [-0.2, -0.15) is 13.2 Å². The maximum absolute atomic E-state index is 13.4. The van der Waals surface area contributed by atoms with E-state index in [1.165, 1.54) is 13.8 Å². The number of ether oxygens (including phenoxy) is 3. The Labute approximate surface area is 190 Å². The monoisotopic (exact) mass is 482 g/mol.